The van der Waals surface area contributed by atoms with E-state index >= 15 is 0 Å². The maximum Gasteiger partial charge on any atom is 0.153 e. The van der Waals surface area contributed by atoms with Crippen LogP contribution in [-0.4, -0.2) is 89.3 Å². The molecule has 2 fully saturated rings. The van der Waals surface area contributed by atoms with Gasteiger partial charge in [-0.25, -0.2) is 16.8 Å². The first-order valence-corrected chi connectivity index (χ1v) is 15.5. The number of alkyl halides is 1. The molecule has 0 spiro atoms. The lowest BCUT2D eigenvalue weighted by molar-refractivity contribution is 0.243. The first-order valence-electron chi connectivity index (χ1n) is 10.8. The van der Waals surface area contributed by atoms with E-state index in [1.807, 2.05) is 31.4 Å². The summed E-state index contributed by atoms with van der Waals surface area (Å²) in [7, 11) is -2.21. The third kappa shape index (κ3) is 9.43. The average molecular weight is 588 g/mol. The molecule has 0 aromatic carbocycles. The van der Waals surface area contributed by atoms with Crippen molar-refractivity contribution >= 4 is 35.6 Å². The number of nitrogens with zero attached hydrogens (tertiary/aromatic N) is 5. The molecular formula is C22H31BrN6O4S2. The lowest BCUT2D eigenvalue weighted by atomic mass is 10.1. The zero-order valence-corrected chi connectivity index (χ0v) is 23.1. The molecule has 2 saturated heterocycles. The van der Waals surface area contributed by atoms with Gasteiger partial charge in [0.1, 0.15) is 0 Å². The normalized spacial score (nSPS) is 22.9. The quantitative estimate of drug-likeness (QED) is 0.403. The van der Waals surface area contributed by atoms with Crippen molar-refractivity contribution in [2.75, 3.05) is 48.0 Å². The van der Waals surface area contributed by atoms with E-state index in [4.69, 9.17) is 12.8 Å². The highest BCUT2D eigenvalue weighted by molar-refractivity contribution is 9.09. The second kappa shape index (κ2) is 13.2. The molecule has 192 valence electrons. The van der Waals surface area contributed by atoms with Crippen molar-refractivity contribution in [3.63, 3.8) is 0 Å². The lowest BCUT2D eigenvalue weighted by Crippen LogP contribution is -2.43. The van der Waals surface area contributed by atoms with E-state index < -0.39 is 19.7 Å². The second-order valence-electron chi connectivity index (χ2n) is 8.16. The predicted octanol–water partition coefficient (Wildman–Crippen LogP) is 0.319. The molecule has 2 aromatic heterocycles. The van der Waals surface area contributed by atoms with Gasteiger partial charge in [0.05, 0.1) is 53.3 Å². The molecular weight excluding hydrogens is 556 g/mol. The number of hydrogen-bond acceptors (Lipinski definition) is 8. The largest absolute Gasteiger partial charge is 0.308 e. The molecule has 2 aliphatic heterocycles. The Morgan fingerprint density at radius 1 is 1.00 bits per heavy atom. The molecule has 2 unspecified atom stereocenters. The number of halogens is 1. The van der Waals surface area contributed by atoms with Gasteiger partial charge in [-0.05, 0) is 0 Å². The molecule has 2 atom stereocenters. The van der Waals surface area contributed by atoms with Crippen LogP contribution in [0.5, 0.6) is 0 Å². The van der Waals surface area contributed by atoms with Gasteiger partial charge in [-0.2, -0.15) is 10.2 Å². The zero-order chi connectivity index (χ0) is 26.1. The van der Waals surface area contributed by atoms with E-state index in [9.17, 15) is 16.8 Å². The van der Waals surface area contributed by atoms with Gasteiger partial charge >= 0.3 is 0 Å². The fourth-order valence-electron chi connectivity index (χ4n) is 3.69. The summed E-state index contributed by atoms with van der Waals surface area (Å²) >= 11 is 3.01. The highest BCUT2D eigenvalue weighted by atomic mass is 79.9. The highest BCUT2D eigenvalue weighted by Crippen LogP contribution is 2.25. The summed E-state index contributed by atoms with van der Waals surface area (Å²) in [5.41, 5.74) is 1.85. The molecule has 0 bridgehead atoms. The van der Waals surface area contributed by atoms with Crippen LogP contribution in [0.2, 0.25) is 0 Å². The van der Waals surface area contributed by atoms with Crippen molar-refractivity contribution in [1.29, 1.82) is 0 Å². The van der Waals surface area contributed by atoms with Crippen LogP contribution in [0.1, 0.15) is 23.2 Å². The number of aryl methyl sites for hydroxylation is 2. The number of aromatic nitrogens is 4. The zero-order valence-electron chi connectivity index (χ0n) is 19.8. The molecule has 10 nitrogen and oxygen atoms in total. The maximum atomic E-state index is 11.7. The Bertz CT molecular complexity index is 1260. The van der Waals surface area contributed by atoms with Crippen molar-refractivity contribution in [2.24, 2.45) is 14.1 Å². The Labute approximate surface area is 216 Å². The standard InChI is InChI=1S/C11H15N3O2S.C8H13N3O2S.C3H3Br/c1-3-4-14-5-6-17(15,16)9-11(14)10-7-12-13(2)8-10;1-11-5-7(4-10-11)8-6-14(12,13)3-2-9-8;1-2-3-4/h1,7-8,11H,4-6,9H2,2H3;4-5,8-9H,2-3,6H2,1H3;1H,3H2. The number of rotatable bonds is 3. The molecule has 1 N–H and O–H groups in total. The summed E-state index contributed by atoms with van der Waals surface area (Å²) in [6.45, 7) is 1.49. The minimum atomic E-state index is -2.97. The molecule has 2 aromatic rings. The Morgan fingerprint density at radius 2 is 1.57 bits per heavy atom. The molecule has 0 radical (unpaired) electrons. The average Bonchev–Trinajstić information content (AvgIpc) is 3.43. The second-order valence-corrected chi connectivity index (χ2v) is 13.2. The van der Waals surface area contributed by atoms with Crippen molar-refractivity contribution in [2.45, 2.75) is 12.1 Å². The van der Waals surface area contributed by atoms with Crippen LogP contribution in [0, 0.1) is 24.7 Å². The van der Waals surface area contributed by atoms with E-state index in [0.717, 1.165) is 11.1 Å². The van der Waals surface area contributed by atoms with Crippen LogP contribution < -0.4 is 5.32 Å². The smallest absolute Gasteiger partial charge is 0.153 e. The van der Waals surface area contributed by atoms with Gasteiger partial charge in [0.2, 0.25) is 0 Å². The molecule has 13 heteroatoms. The van der Waals surface area contributed by atoms with Crippen LogP contribution >= 0.6 is 15.9 Å². The van der Waals surface area contributed by atoms with Crippen LogP contribution in [0.25, 0.3) is 0 Å². The molecule has 0 amide bonds. The van der Waals surface area contributed by atoms with E-state index in [0.29, 0.717) is 25.0 Å². The number of sulfone groups is 2. The molecule has 35 heavy (non-hydrogen) atoms. The summed E-state index contributed by atoms with van der Waals surface area (Å²) in [4.78, 5) is 2.01. The fourth-order valence-corrected chi connectivity index (χ4v) is 6.66. The lowest BCUT2D eigenvalue weighted by Gasteiger charge is -2.33. The van der Waals surface area contributed by atoms with E-state index in [1.165, 1.54) is 0 Å². The van der Waals surface area contributed by atoms with Gasteiger partial charge < -0.3 is 5.32 Å². The van der Waals surface area contributed by atoms with Crippen molar-refractivity contribution in [1.82, 2.24) is 29.8 Å². The van der Waals surface area contributed by atoms with E-state index in [-0.39, 0.29) is 35.1 Å². The first-order chi connectivity index (χ1) is 16.5. The van der Waals surface area contributed by atoms with Crippen LogP contribution in [0.15, 0.2) is 24.8 Å². The monoisotopic (exact) mass is 586 g/mol. The van der Waals surface area contributed by atoms with Crippen LogP contribution in [-0.2, 0) is 33.8 Å². The summed E-state index contributed by atoms with van der Waals surface area (Å²) < 4.78 is 49.5. The van der Waals surface area contributed by atoms with Gasteiger partial charge in [0, 0.05) is 56.7 Å². The Hall–Kier alpha value is -2.16. The SMILES string of the molecule is C#CCBr.C#CCN1CCS(=O)(=O)CC1c1cnn(C)c1.Cn1cc(C2CS(=O)(=O)CCN2)cn1. The third-order valence-electron chi connectivity index (χ3n) is 5.37. The topological polar surface area (TPSA) is 119 Å². The predicted molar refractivity (Wildman–Crippen MR) is 140 cm³/mol. The first kappa shape index (κ1) is 29.1. The van der Waals surface area contributed by atoms with Gasteiger partial charge in [0.15, 0.2) is 19.7 Å². The van der Waals surface area contributed by atoms with Gasteiger partial charge in [-0.15, -0.1) is 12.8 Å². The molecule has 4 rings (SSSR count). The summed E-state index contributed by atoms with van der Waals surface area (Å²) in [6.07, 6.45) is 17.1. The minimum Gasteiger partial charge on any atom is -0.308 e. The summed E-state index contributed by atoms with van der Waals surface area (Å²) in [5.74, 6) is 5.65. The Morgan fingerprint density at radius 3 is 2.06 bits per heavy atom. The Balaban J connectivity index is 0.000000217. The number of nitrogens with one attached hydrogen (secondary N) is 1. The van der Waals surface area contributed by atoms with Crippen molar-refractivity contribution < 1.29 is 16.8 Å². The molecule has 0 aliphatic carbocycles. The summed E-state index contributed by atoms with van der Waals surface area (Å²) in [5, 5.41) is 11.9. The molecule has 4 heterocycles. The van der Waals surface area contributed by atoms with Gasteiger partial charge in [0.25, 0.3) is 0 Å². The minimum absolute atomic E-state index is 0.0950. The molecule has 0 saturated carbocycles. The van der Waals surface area contributed by atoms with Gasteiger partial charge in [-0.1, -0.05) is 27.8 Å². The third-order valence-corrected chi connectivity index (χ3v) is 8.99. The van der Waals surface area contributed by atoms with E-state index in [1.54, 1.807) is 21.8 Å². The Kier molecular flexibility index (Phi) is 11.0. The van der Waals surface area contributed by atoms with E-state index in [2.05, 4.69) is 43.3 Å². The summed E-state index contributed by atoms with van der Waals surface area (Å²) in [6, 6.07) is -0.263. The highest BCUT2D eigenvalue weighted by Gasteiger charge is 2.32. The van der Waals surface area contributed by atoms with Crippen molar-refractivity contribution in [3.05, 3.63) is 35.9 Å². The van der Waals surface area contributed by atoms with Gasteiger partial charge in [-0.3, -0.25) is 14.3 Å². The fraction of sp³-hybridized carbons (Fsp3) is 0.545. The number of terminal acetylenes is 2. The van der Waals surface area contributed by atoms with Crippen LogP contribution in [0.3, 0.4) is 0 Å². The maximum absolute atomic E-state index is 11.7. The number of hydrogen-bond donors (Lipinski definition) is 1. The van der Waals surface area contributed by atoms with Crippen molar-refractivity contribution in [3.8, 4) is 24.7 Å². The van der Waals surface area contributed by atoms with Crippen LogP contribution in [0.4, 0.5) is 0 Å². The molecule has 2 aliphatic rings.